The monoisotopic (exact) mass is 201 g/mol. The molecule has 0 heterocycles. The van der Waals surface area contributed by atoms with Crippen LogP contribution < -0.4 is 0 Å². The third-order valence-electron chi connectivity index (χ3n) is 2.15. The first-order chi connectivity index (χ1) is 7.88. The summed E-state index contributed by atoms with van der Waals surface area (Å²) in [6.07, 6.45) is 6.96. The van der Waals surface area contributed by atoms with Crippen molar-refractivity contribution < 1.29 is 0 Å². The van der Waals surface area contributed by atoms with Crippen molar-refractivity contribution in [3.8, 4) is 17.8 Å². The molecule has 0 saturated heterocycles. The Labute approximate surface area is 95.9 Å². The Morgan fingerprint density at radius 1 is 0.625 bits per heavy atom. The van der Waals surface area contributed by atoms with Crippen molar-refractivity contribution >= 4 is 0 Å². The SMILES string of the molecule is [C-]#Cc1ccc(C#Cc2ccccc2)cc1. The molecular formula is C16H9-. The van der Waals surface area contributed by atoms with E-state index in [0.717, 1.165) is 16.7 Å². The predicted molar refractivity (Wildman–Crippen MR) is 65.1 cm³/mol. The Bertz CT molecular complexity index is 557. The first-order valence-corrected chi connectivity index (χ1v) is 4.98. The molecule has 0 amide bonds. The van der Waals surface area contributed by atoms with Crippen molar-refractivity contribution in [2.45, 2.75) is 0 Å². The lowest BCUT2D eigenvalue weighted by atomic mass is 10.1. The van der Waals surface area contributed by atoms with Gasteiger partial charge in [-0.15, -0.1) is 17.7 Å². The van der Waals surface area contributed by atoms with E-state index in [1.54, 1.807) is 0 Å². The molecule has 0 nitrogen and oxygen atoms in total. The molecule has 0 aliphatic carbocycles. The molecule has 0 aromatic heterocycles. The van der Waals surface area contributed by atoms with Crippen LogP contribution in [-0.4, -0.2) is 0 Å². The fourth-order valence-electron chi connectivity index (χ4n) is 1.30. The van der Waals surface area contributed by atoms with Crippen LogP contribution in [0.2, 0.25) is 0 Å². The average molecular weight is 201 g/mol. The Hall–Kier alpha value is -2.44. The van der Waals surface area contributed by atoms with Gasteiger partial charge in [-0.25, -0.2) is 0 Å². The Morgan fingerprint density at radius 2 is 1.12 bits per heavy atom. The summed E-state index contributed by atoms with van der Waals surface area (Å²) in [4.78, 5) is 0. The van der Waals surface area contributed by atoms with E-state index >= 15 is 0 Å². The normalized spacial score (nSPS) is 8.69. The molecule has 74 valence electrons. The lowest BCUT2D eigenvalue weighted by molar-refractivity contribution is 1.59. The lowest BCUT2D eigenvalue weighted by Gasteiger charge is -1.98. The molecule has 0 saturated carbocycles. The fraction of sp³-hybridized carbons (Fsp3) is 0. The van der Waals surface area contributed by atoms with Gasteiger partial charge < -0.3 is 6.42 Å². The fourth-order valence-corrected chi connectivity index (χ4v) is 1.30. The molecule has 0 aliphatic heterocycles. The highest BCUT2D eigenvalue weighted by molar-refractivity contribution is 5.44. The van der Waals surface area contributed by atoms with E-state index in [1.807, 2.05) is 54.6 Å². The Kier molecular flexibility index (Phi) is 3.07. The molecule has 16 heavy (non-hydrogen) atoms. The number of rotatable bonds is 0. The number of hydrogen-bond acceptors (Lipinski definition) is 0. The van der Waals surface area contributed by atoms with Gasteiger partial charge in [0, 0.05) is 11.1 Å². The van der Waals surface area contributed by atoms with E-state index in [0.29, 0.717) is 0 Å². The minimum Gasteiger partial charge on any atom is -0.366 e. The number of benzene rings is 2. The molecule has 0 unspecified atom stereocenters. The summed E-state index contributed by atoms with van der Waals surface area (Å²) in [6, 6.07) is 17.3. The Balaban J connectivity index is 2.22. The van der Waals surface area contributed by atoms with Crippen LogP contribution in [0.25, 0.3) is 0 Å². The van der Waals surface area contributed by atoms with E-state index in [4.69, 9.17) is 6.42 Å². The van der Waals surface area contributed by atoms with Crippen molar-refractivity contribution in [3.05, 3.63) is 77.7 Å². The van der Waals surface area contributed by atoms with Gasteiger partial charge in [0.15, 0.2) is 0 Å². The molecule has 2 aromatic carbocycles. The van der Waals surface area contributed by atoms with Crippen LogP contribution in [0, 0.1) is 24.2 Å². The minimum absolute atomic E-state index is 0.769. The van der Waals surface area contributed by atoms with E-state index in [-0.39, 0.29) is 0 Å². The van der Waals surface area contributed by atoms with Gasteiger partial charge in [0.25, 0.3) is 0 Å². The lowest BCUT2D eigenvalue weighted by Crippen LogP contribution is -1.77. The molecule has 0 radical (unpaired) electrons. The summed E-state index contributed by atoms with van der Waals surface area (Å²) >= 11 is 0. The van der Waals surface area contributed by atoms with Crippen LogP contribution in [0.4, 0.5) is 0 Å². The zero-order valence-electron chi connectivity index (χ0n) is 8.70. The Morgan fingerprint density at radius 3 is 1.69 bits per heavy atom. The van der Waals surface area contributed by atoms with E-state index in [9.17, 15) is 0 Å². The molecule has 0 fully saturated rings. The van der Waals surface area contributed by atoms with Gasteiger partial charge in [-0.3, -0.25) is 5.92 Å². The summed E-state index contributed by atoms with van der Waals surface area (Å²) in [6.45, 7) is 0. The van der Waals surface area contributed by atoms with E-state index in [1.165, 1.54) is 0 Å². The van der Waals surface area contributed by atoms with Crippen molar-refractivity contribution in [1.82, 2.24) is 0 Å². The number of hydrogen-bond donors (Lipinski definition) is 0. The van der Waals surface area contributed by atoms with Crippen molar-refractivity contribution in [3.63, 3.8) is 0 Å². The highest BCUT2D eigenvalue weighted by Gasteiger charge is 1.84. The second-order valence-electron chi connectivity index (χ2n) is 3.32. The maximum Gasteiger partial charge on any atom is 0.0249 e. The van der Waals surface area contributed by atoms with Gasteiger partial charge in [0.1, 0.15) is 0 Å². The third kappa shape index (κ3) is 2.53. The zero-order valence-corrected chi connectivity index (χ0v) is 8.70. The third-order valence-corrected chi connectivity index (χ3v) is 2.15. The van der Waals surface area contributed by atoms with Gasteiger partial charge >= 0.3 is 0 Å². The molecule has 0 bridgehead atoms. The molecular weight excluding hydrogens is 192 g/mol. The second kappa shape index (κ2) is 4.87. The van der Waals surface area contributed by atoms with Crippen LogP contribution >= 0.6 is 0 Å². The summed E-state index contributed by atoms with van der Waals surface area (Å²) in [5, 5.41) is 0. The molecule has 0 spiro atoms. The van der Waals surface area contributed by atoms with Gasteiger partial charge in [0.2, 0.25) is 0 Å². The standard InChI is InChI=1S/C16H9/c1-2-14-8-10-16(11-9-14)13-12-15-6-4-3-5-7-15/h3-11H/q-1. The van der Waals surface area contributed by atoms with Gasteiger partial charge in [-0.05, 0) is 12.1 Å². The molecule has 0 aliphatic rings. The van der Waals surface area contributed by atoms with Gasteiger partial charge in [-0.2, -0.15) is 0 Å². The molecule has 0 N–H and O–H groups in total. The van der Waals surface area contributed by atoms with Crippen molar-refractivity contribution in [2.24, 2.45) is 0 Å². The second-order valence-corrected chi connectivity index (χ2v) is 3.32. The average Bonchev–Trinajstić information content (AvgIpc) is 2.38. The molecule has 0 heteroatoms. The minimum atomic E-state index is 0.769. The van der Waals surface area contributed by atoms with Crippen LogP contribution in [0.5, 0.6) is 0 Å². The smallest absolute Gasteiger partial charge is 0.0249 e. The first kappa shape index (κ1) is 10.1. The topological polar surface area (TPSA) is 0 Å². The molecule has 2 rings (SSSR count). The highest BCUT2D eigenvalue weighted by atomic mass is 13.9. The summed E-state index contributed by atoms with van der Waals surface area (Å²) in [5.74, 6) is 8.48. The van der Waals surface area contributed by atoms with Gasteiger partial charge in [-0.1, -0.05) is 42.2 Å². The van der Waals surface area contributed by atoms with E-state index in [2.05, 4.69) is 17.8 Å². The van der Waals surface area contributed by atoms with Crippen LogP contribution in [-0.2, 0) is 0 Å². The zero-order chi connectivity index (χ0) is 11.2. The maximum absolute atomic E-state index is 6.96. The van der Waals surface area contributed by atoms with Gasteiger partial charge in [0.05, 0.1) is 0 Å². The largest absolute Gasteiger partial charge is 0.366 e. The van der Waals surface area contributed by atoms with Crippen LogP contribution in [0.1, 0.15) is 16.7 Å². The quantitative estimate of drug-likeness (QED) is 0.454. The van der Waals surface area contributed by atoms with Crippen molar-refractivity contribution in [2.75, 3.05) is 0 Å². The molecule has 0 atom stereocenters. The van der Waals surface area contributed by atoms with Crippen molar-refractivity contribution in [1.29, 1.82) is 0 Å². The van der Waals surface area contributed by atoms with Crippen LogP contribution in [0.3, 0.4) is 0 Å². The first-order valence-electron chi connectivity index (χ1n) is 4.98. The summed E-state index contributed by atoms with van der Waals surface area (Å²) in [7, 11) is 0. The summed E-state index contributed by atoms with van der Waals surface area (Å²) in [5.41, 5.74) is 2.72. The molecule has 2 aromatic rings. The van der Waals surface area contributed by atoms with Crippen LogP contribution in [0.15, 0.2) is 54.6 Å². The highest BCUT2D eigenvalue weighted by Crippen LogP contribution is 2.02. The predicted octanol–water partition coefficient (Wildman–Crippen LogP) is 3.02. The van der Waals surface area contributed by atoms with E-state index < -0.39 is 0 Å². The maximum atomic E-state index is 6.96. The summed E-state index contributed by atoms with van der Waals surface area (Å²) < 4.78 is 0.